The van der Waals surface area contributed by atoms with E-state index >= 15 is 0 Å². The van der Waals surface area contributed by atoms with Crippen molar-refractivity contribution in [2.24, 2.45) is 0 Å². The molecule has 4 heteroatoms. The SMILES string of the molecule is COB(O)c1cccnc1. The minimum Gasteiger partial charge on any atom is -0.423 e. The highest BCUT2D eigenvalue weighted by atomic mass is 16.5. The van der Waals surface area contributed by atoms with Crippen molar-refractivity contribution in [2.45, 2.75) is 0 Å². The minimum absolute atomic E-state index is 0.671. The monoisotopic (exact) mass is 137 g/mol. The Morgan fingerprint density at radius 2 is 2.50 bits per heavy atom. The molecule has 0 aliphatic carbocycles. The Morgan fingerprint density at radius 1 is 1.70 bits per heavy atom. The lowest BCUT2D eigenvalue weighted by molar-refractivity contribution is 0.341. The Morgan fingerprint density at radius 3 is 3.00 bits per heavy atom. The summed E-state index contributed by atoms with van der Waals surface area (Å²) in [5.41, 5.74) is 0.671. The Hall–Kier alpha value is -0.865. The number of rotatable bonds is 2. The van der Waals surface area contributed by atoms with Gasteiger partial charge in [-0.05, 0) is 6.07 Å². The number of hydrogen-bond acceptors (Lipinski definition) is 3. The number of hydrogen-bond donors (Lipinski definition) is 1. The first-order chi connectivity index (χ1) is 4.84. The Balaban J connectivity index is 2.75. The van der Waals surface area contributed by atoms with Gasteiger partial charge in [0.15, 0.2) is 0 Å². The average molecular weight is 137 g/mol. The topological polar surface area (TPSA) is 42.4 Å². The molecule has 1 heterocycles. The minimum atomic E-state index is -0.853. The lowest BCUT2D eigenvalue weighted by atomic mass is 9.81. The molecule has 1 N–H and O–H groups in total. The highest BCUT2D eigenvalue weighted by Gasteiger charge is 2.12. The van der Waals surface area contributed by atoms with Crippen molar-refractivity contribution in [1.82, 2.24) is 4.98 Å². The molecule has 52 valence electrons. The van der Waals surface area contributed by atoms with Gasteiger partial charge in [0.25, 0.3) is 0 Å². The summed E-state index contributed by atoms with van der Waals surface area (Å²) in [6.07, 6.45) is 3.21. The van der Waals surface area contributed by atoms with Crippen LogP contribution in [0, 0.1) is 0 Å². The molecule has 0 aromatic carbocycles. The molecule has 0 spiro atoms. The molecule has 0 amide bonds. The molecule has 0 saturated heterocycles. The molecule has 3 nitrogen and oxygen atoms in total. The van der Waals surface area contributed by atoms with Crippen molar-refractivity contribution < 1.29 is 9.68 Å². The molecule has 0 bridgehead atoms. The first-order valence-electron chi connectivity index (χ1n) is 2.95. The van der Waals surface area contributed by atoms with Crippen LogP contribution in [-0.2, 0) is 4.65 Å². The van der Waals surface area contributed by atoms with E-state index in [2.05, 4.69) is 9.64 Å². The highest BCUT2D eigenvalue weighted by molar-refractivity contribution is 6.59. The summed E-state index contributed by atoms with van der Waals surface area (Å²) in [7, 11) is 0.589. The van der Waals surface area contributed by atoms with Crippen LogP contribution in [-0.4, -0.2) is 24.2 Å². The summed E-state index contributed by atoms with van der Waals surface area (Å²) >= 11 is 0. The molecule has 1 aromatic rings. The molecule has 1 rings (SSSR count). The van der Waals surface area contributed by atoms with Crippen LogP contribution in [0.3, 0.4) is 0 Å². The lowest BCUT2D eigenvalue weighted by Crippen LogP contribution is -2.32. The second-order valence-electron chi connectivity index (χ2n) is 1.87. The molecule has 1 aromatic heterocycles. The van der Waals surface area contributed by atoms with Crippen LogP contribution in [0.5, 0.6) is 0 Å². The number of pyridine rings is 1. The second-order valence-corrected chi connectivity index (χ2v) is 1.87. The average Bonchev–Trinajstić information content (AvgIpc) is 2.05. The van der Waals surface area contributed by atoms with E-state index in [0.717, 1.165) is 0 Å². The molecule has 0 aliphatic rings. The van der Waals surface area contributed by atoms with Crippen LogP contribution >= 0.6 is 0 Å². The van der Waals surface area contributed by atoms with Crippen molar-refractivity contribution in [1.29, 1.82) is 0 Å². The maximum atomic E-state index is 9.07. The van der Waals surface area contributed by atoms with Gasteiger partial charge in [0.1, 0.15) is 0 Å². The van der Waals surface area contributed by atoms with Crippen molar-refractivity contribution in [3.63, 3.8) is 0 Å². The van der Waals surface area contributed by atoms with Crippen LogP contribution in [0.1, 0.15) is 0 Å². The molecule has 0 saturated carbocycles. The predicted octanol–water partition coefficient (Wildman–Crippen LogP) is -0.585. The van der Waals surface area contributed by atoms with Crippen molar-refractivity contribution in [3.8, 4) is 0 Å². The fourth-order valence-corrected chi connectivity index (χ4v) is 0.658. The zero-order valence-corrected chi connectivity index (χ0v) is 5.69. The first kappa shape index (κ1) is 7.24. The summed E-state index contributed by atoms with van der Waals surface area (Å²) in [5.74, 6) is 0. The van der Waals surface area contributed by atoms with E-state index in [1.165, 1.54) is 7.11 Å². The van der Waals surface area contributed by atoms with E-state index in [0.29, 0.717) is 5.46 Å². The van der Waals surface area contributed by atoms with E-state index in [1.54, 1.807) is 24.5 Å². The van der Waals surface area contributed by atoms with E-state index < -0.39 is 7.12 Å². The van der Waals surface area contributed by atoms with Crippen LogP contribution < -0.4 is 5.46 Å². The van der Waals surface area contributed by atoms with Crippen molar-refractivity contribution >= 4 is 12.6 Å². The van der Waals surface area contributed by atoms with Gasteiger partial charge in [-0.2, -0.15) is 0 Å². The maximum absolute atomic E-state index is 9.07. The van der Waals surface area contributed by atoms with Gasteiger partial charge in [0, 0.05) is 25.0 Å². The Kier molecular flexibility index (Phi) is 2.42. The highest BCUT2D eigenvalue weighted by Crippen LogP contribution is 1.81. The van der Waals surface area contributed by atoms with Crippen LogP contribution in [0.25, 0.3) is 0 Å². The summed E-state index contributed by atoms with van der Waals surface area (Å²) in [5, 5.41) is 9.07. The van der Waals surface area contributed by atoms with E-state index in [9.17, 15) is 0 Å². The van der Waals surface area contributed by atoms with E-state index in [4.69, 9.17) is 5.02 Å². The molecule has 0 aliphatic heterocycles. The first-order valence-corrected chi connectivity index (χ1v) is 2.95. The van der Waals surface area contributed by atoms with Gasteiger partial charge < -0.3 is 9.68 Å². The molecular weight excluding hydrogens is 129 g/mol. The van der Waals surface area contributed by atoms with Crippen molar-refractivity contribution in [2.75, 3.05) is 7.11 Å². The third-order valence-electron chi connectivity index (χ3n) is 1.19. The molecular formula is C6H8BNO2. The maximum Gasteiger partial charge on any atom is 0.492 e. The van der Waals surface area contributed by atoms with E-state index in [-0.39, 0.29) is 0 Å². The molecule has 0 atom stereocenters. The third kappa shape index (κ3) is 1.56. The zero-order valence-electron chi connectivity index (χ0n) is 5.69. The predicted molar refractivity (Wildman–Crippen MR) is 38.9 cm³/mol. The van der Waals surface area contributed by atoms with Crippen LogP contribution in [0.2, 0.25) is 0 Å². The molecule has 0 unspecified atom stereocenters. The summed E-state index contributed by atoms with van der Waals surface area (Å²) < 4.78 is 4.65. The summed E-state index contributed by atoms with van der Waals surface area (Å²) in [6.45, 7) is 0. The number of nitrogens with zero attached hydrogens (tertiary/aromatic N) is 1. The number of aromatic nitrogens is 1. The fourth-order valence-electron chi connectivity index (χ4n) is 0.658. The smallest absolute Gasteiger partial charge is 0.423 e. The normalized spacial score (nSPS) is 9.40. The fraction of sp³-hybridized carbons (Fsp3) is 0.167. The Bertz CT molecular complexity index is 192. The van der Waals surface area contributed by atoms with Crippen LogP contribution in [0.15, 0.2) is 24.5 Å². The lowest BCUT2D eigenvalue weighted by Gasteiger charge is -2.00. The van der Waals surface area contributed by atoms with Gasteiger partial charge >= 0.3 is 7.12 Å². The van der Waals surface area contributed by atoms with Gasteiger partial charge in [-0.25, -0.2) is 0 Å². The van der Waals surface area contributed by atoms with Gasteiger partial charge in [0.2, 0.25) is 0 Å². The largest absolute Gasteiger partial charge is 0.492 e. The Labute approximate surface area is 59.8 Å². The molecule has 0 radical (unpaired) electrons. The third-order valence-corrected chi connectivity index (χ3v) is 1.19. The van der Waals surface area contributed by atoms with Crippen molar-refractivity contribution in [3.05, 3.63) is 24.5 Å². The molecule has 10 heavy (non-hydrogen) atoms. The second kappa shape index (κ2) is 3.34. The summed E-state index contributed by atoms with van der Waals surface area (Å²) in [4.78, 5) is 3.81. The van der Waals surface area contributed by atoms with Gasteiger partial charge in [-0.3, -0.25) is 4.98 Å². The van der Waals surface area contributed by atoms with E-state index in [1.807, 2.05) is 0 Å². The quantitative estimate of drug-likeness (QED) is 0.554. The zero-order chi connectivity index (χ0) is 7.40. The van der Waals surface area contributed by atoms with Gasteiger partial charge in [-0.1, -0.05) is 6.07 Å². The van der Waals surface area contributed by atoms with Crippen LogP contribution in [0.4, 0.5) is 0 Å². The van der Waals surface area contributed by atoms with Gasteiger partial charge in [-0.15, -0.1) is 0 Å². The van der Waals surface area contributed by atoms with Gasteiger partial charge in [0.05, 0.1) is 0 Å². The summed E-state index contributed by atoms with van der Waals surface area (Å²) in [6, 6.07) is 3.50. The standard InChI is InChI=1S/C6H8BNO2/c1-10-7(9)6-3-2-4-8-5-6/h2-5,9H,1H3. The molecule has 0 fully saturated rings.